The third kappa shape index (κ3) is 3.85. The highest BCUT2D eigenvalue weighted by atomic mass is 35.5. The fraction of sp³-hybridized carbons (Fsp3) is 1.00. The maximum Gasteiger partial charge on any atom is 0.428 e. The summed E-state index contributed by atoms with van der Waals surface area (Å²) in [5.41, 5.74) is 0. The molecule has 2 atom stereocenters. The van der Waals surface area contributed by atoms with E-state index in [9.17, 15) is 43.9 Å². The number of alkyl halides is 14. The molecule has 128 valence electrons. The third-order valence-corrected chi connectivity index (χ3v) is 3.19. The van der Waals surface area contributed by atoms with Gasteiger partial charge in [0.05, 0.1) is 0 Å². The lowest BCUT2D eigenvalue weighted by molar-refractivity contribution is -0.422. The average molecular weight is 420 g/mol. The van der Waals surface area contributed by atoms with E-state index in [-0.39, 0.29) is 0 Å². The molecule has 0 saturated heterocycles. The van der Waals surface area contributed by atoms with Crippen molar-refractivity contribution < 1.29 is 48.6 Å². The van der Waals surface area contributed by atoms with Gasteiger partial charge in [-0.1, -0.05) is 11.6 Å². The Morgan fingerprint density at radius 1 is 0.571 bits per heavy atom. The molecule has 2 unspecified atom stereocenters. The standard InChI is InChI=1S/C6Cl4F10O/c7-1(11,3(8,14)15)2(12,13)6(19,20)21-5(10,18)4(9,16)17. The molecule has 21 heavy (non-hydrogen) atoms. The summed E-state index contributed by atoms with van der Waals surface area (Å²) in [6, 6.07) is 0. The molecule has 0 spiro atoms. The summed E-state index contributed by atoms with van der Waals surface area (Å²) >= 11 is 15.5. The van der Waals surface area contributed by atoms with Crippen molar-refractivity contribution in [3.8, 4) is 0 Å². The Balaban J connectivity index is 5.71. The maximum atomic E-state index is 12.9. The van der Waals surface area contributed by atoms with Gasteiger partial charge >= 0.3 is 33.2 Å². The predicted molar refractivity (Wildman–Crippen MR) is 52.0 cm³/mol. The second-order valence-electron chi connectivity index (χ2n) is 3.28. The van der Waals surface area contributed by atoms with Crippen LogP contribution in [0, 0.1) is 0 Å². The van der Waals surface area contributed by atoms with Crippen LogP contribution in [0.5, 0.6) is 0 Å². The molecule has 0 bridgehead atoms. The number of hydrogen-bond acceptors (Lipinski definition) is 1. The zero-order chi connectivity index (χ0) is 17.7. The van der Waals surface area contributed by atoms with E-state index in [1.54, 1.807) is 0 Å². The van der Waals surface area contributed by atoms with Crippen molar-refractivity contribution in [2.75, 3.05) is 0 Å². The van der Waals surface area contributed by atoms with Crippen molar-refractivity contribution in [2.24, 2.45) is 0 Å². The van der Waals surface area contributed by atoms with Gasteiger partial charge in [0.25, 0.3) is 0 Å². The van der Waals surface area contributed by atoms with E-state index < -0.39 is 33.2 Å². The first-order valence-corrected chi connectivity index (χ1v) is 5.57. The van der Waals surface area contributed by atoms with Crippen molar-refractivity contribution >= 4 is 46.4 Å². The van der Waals surface area contributed by atoms with Crippen LogP contribution in [-0.4, -0.2) is 33.2 Å². The van der Waals surface area contributed by atoms with Crippen LogP contribution >= 0.6 is 46.4 Å². The Kier molecular flexibility index (Phi) is 5.61. The summed E-state index contributed by atoms with van der Waals surface area (Å²) in [5, 5.41) is -22.9. The highest BCUT2D eigenvalue weighted by molar-refractivity contribution is 6.33. The zero-order valence-corrected chi connectivity index (χ0v) is 11.7. The van der Waals surface area contributed by atoms with Gasteiger partial charge in [0, 0.05) is 0 Å². The summed E-state index contributed by atoms with van der Waals surface area (Å²) in [4.78, 5) is 0. The zero-order valence-electron chi connectivity index (χ0n) is 8.70. The highest BCUT2D eigenvalue weighted by Gasteiger charge is 2.81. The molecule has 0 aromatic carbocycles. The maximum absolute atomic E-state index is 12.9. The molecule has 15 heteroatoms. The van der Waals surface area contributed by atoms with Crippen molar-refractivity contribution in [3.05, 3.63) is 0 Å². The lowest BCUT2D eigenvalue weighted by Gasteiger charge is -2.37. The van der Waals surface area contributed by atoms with Gasteiger partial charge in [-0.15, -0.1) is 0 Å². The van der Waals surface area contributed by atoms with E-state index in [2.05, 4.69) is 51.1 Å². The smallest absolute Gasteiger partial charge is 0.258 e. The molecule has 0 radical (unpaired) electrons. The Bertz CT molecular complexity index is 386. The average Bonchev–Trinajstić information content (AvgIpc) is 2.11. The molecule has 0 rings (SSSR count). The van der Waals surface area contributed by atoms with E-state index in [0.29, 0.717) is 0 Å². The number of hydrogen-bond donors (Lipinski definition) is 0. The summed E-state index contributed by atoms with van der Waals surface area (Å²) in [7, 11) is 0. The molecule has 0 aliphatic rings. The molecule has 0 aromatic rings. The van der Waals surface area contributed by atoms with Gasteiger partial charge in [0.1, 0.15) is 0 Å². The summed E-state index contributed by atoms with van der Waals surface area (Å²) in [5.74, 6) is -6.80. The van der Waals surface area contributed by atoms with Crippen molar-refractivity contribution in [1.82, 2.24) is 0 Å². The fourth-order valence-electron chi connectivity index (χ4n) is 0.644. The topological polar surface area (TPSA) is 9.23 Å². The van der Waals surface area contributed by atoms with Gasteiger partial charge in [0.2, 0.25) is 0 Å². The molecule has 0 amide bonds. The largest absolute Gasteiger partial charge is 0.428 e. The Morgan fingerprint density at radius 2 is 0.905 bits per heavy atom. The van der Waals surface area contributed by atoms with Gasteiger partial charge in [0.15, 0.2) is 0 Å². The summed E-state index contributed by atoms with van der Waals surface area (Å²) in [6.07, 6.45) is -6.70. The minimum absolute atomic E-state index is 2.15. The number of rotatable bonds is 6. The van der Waals surface area contributed by atoms with Crippen LogP contribution in [0.25, 0.3) is 0 Å². The fourth-order valence-corrected chi connectivity index (χ4v) is 1.01. The minimum Gasteiger partial charge on any atom is -0.258 e. The van der Waals surface area contributed by atoms with E-state index in [1.165, 1.54) is 0 Å². The Hall–Kier alpha value is 0.420. The van der Waals surface area contributed by atoms with Gasteiger partial charge in [-0.05, 0) is 34.8 Å². The van der Waals surface area contributed by atoms with E-state index in [1.807, 2.05) is 0 Å². The molecular formula is C6Cl4F10O. The highest BCUT2D eigenvalue weighted by Crippen LogP contribution is 2.57. The van der Waals surface area contributed by atoms with E-state index >= 15 is 0 Å². The van der Waals surface area contributed by atoms with Crippen LogP contribution < -0.4 is 0 Å². The minimum atomic E-state index is -6.80. The van der Waals surface area contributed by atoms with E-state index in [4.69, 9.17) is 0 Å². The molecule has 0 fully saturated rings. The van der Waals surface area contributed by atoms with Crippen LogP contribution in [0.4, 0.5) is 43.9 Å². The predicted octanol–water partition coefficient (Wildman–Crippen LogP) is 5.66. The molecule has 0 heterocycles. The quantitative estimate of drug-likeness (QED) is 0.398. The first-order valence-electron chi connectivity index (χ1n) is 4.05. The first kappa shape index (κ1) is 21.4. The van der Waals surface area contributed by atoms with E-state index in [0.717, 1.165) is 0 Å². The van der Waals surface area contributed by atoms with Crippen LogP contribution in [0.15, 0.2) is 0 Å². The molecule has 0 aliphatic carbocycles. The number of halogens is 14. The third-order valence-electron chi connectivity index (χ3n) is 1.70. The van der Waals surface area contributed by atoms with Gasteiger partial charge < -0.3 is 0 Å². The van der Waals surface area contributed by atoms with Crippen LogP contribution in [-0.2, 0) is 4.74 Å². The summed E-state index contributed by atoms with van der Waals surface area (Å²) < 4.78 is 128. The van der Waals surface area contributed by atoms with Crippen molar-refractivity contribution in [3.63, 3.8) is 0 Å². The van der Waals surface area contributed by atoms with Crippen LogP contribution in [0.2, 0.25) is 0 Å². The van der Waals surface area contributed by atoms with Crippen LogP contribution in [0.3, 0.4) is 0 Å². The van der Waals surface area contributed by atoms with Gasteiger partial charge in [-0.25, -0.2) is 4.39 Å². The number of ether oxygens (including phenoxy) is 1. The first-order chi connectivity index (χ1) is 8.71. The lowest BCUT2D eigenvalue weighted by atomic mass is 10.2. The monoisotopic (exact) mass is 418 g/mol. The molecule has 1 nitrogen and oxygen atoms in total. The molecule has 0 saturated carbocycles. The molecule has 0 aliphatic heterocycles. The van der Waals surface area contributed by atoms with Gasteiger partial charge in [-0.2, -0.15) is 39.5 Å². The van der Waals surface area contributed by atoms with Crippen molar-refractivity contribution in [1.29, 1.82) is 0 Å². The second-order valence-corrected chi connectivity index (χ2v) is 5.24. The molecule has 0 N–H and O–H groups in total. The summed E-state index contributed by atoms with van der Waals surface area (Å²) in [6.45, 7) is 0. The molecule has 0 aromatic heterocycles. The lowest BCUT2D eigenvalue weighted by Crippen LogP contribution is -2.62. The molecular weight excluding hydrogens is 420 g/mol. The van der Waals surface area contributed by atoms with Crippen LogP contribution in [0.1, 0.15) is 0 Å². The van der Waals surface area contributed by atoms with Crippen molar-refractivity contribution in [2.45, 2.75) is 33.2 Å². The SMILES string of the molecule is FC(F)(Cl)C(F)(Cl)OC(F)(F)C(F)(F)C(F)(Cl)C(F)(F)Cl. The Morgan fingerprint density at radius 3 is 1.14 bits per heavy atom. The second kappa shape index (κ2) is 5.50. The van der Waals surface area contributed by atoms with Gasteiger partial charge in [-0.3, -0.25) is 4.74 Å². The normalized spacial score (nSPS) is 20.9. The Labute approximate surface area is 129 Å².